The predicted octanol–water partition coefficient (Wildman–Crippen LogP) is 2.11. The van der Waals surface area contributed by atoms with Crippen LogP contribution < -0.4 is 5.32 Å². The van der Waals surface area contributed by atoms with Gasteiger partial charge in [-0.1, -0.05) is 18.2 Å². The van der Waals surface area contributed by atoms with E-state index in [-0.39, 0.29) is 12.5 Å². The van der Waals surface area contributed by atoms with E-state index in [9.17, 15) is 9.59 Å². The van der Waals surface area contributed by atoms with Gasteiger partial charge in [-0.3, -0.25) is 4.79 Å². The molecule has 100 valence electrons. The zero-order valence-corrected chi connectivity index (χ0v) is 10.5. The number of rotatable bonds is 3. The molecule has 3 rings (SSSR count). The molecule has 0 bridgehead atoms. The number of furan rings is 1. The number of nitrogens with one attached hydrogen (secondary N) is 1. The summed E-state index contributed by atoms with van der Waals surface area (Å²) in [4.78, 5) is 23.4. The van der Waals surface area contributed by atoms with Crippen molar-refractivity contribution in [3.05, 3.63) is 65.6 Å². The summed E-state index contributed by atoms with van der Waals surface area (Å²) in [7, 11) is 0. The van der Waals surface area contributed by atoms with E-state index in [4.69, 9.17) is 9.15 Å². The molecule has 0 aliphatic carbocycles. The van der Waals surface area contributed by atoms with Crippen LogP contribution in [0.15, 0.2) is 53.2 Å². The Labute approximate surface area is 114 Å². The SMILES string of the molecule is O=C(/C=C1/NC(=O)c2ccccc21)OCc1ccco1. The molecule has 2 aromatic rings. The van der Waals surface area contributed by atoms with Crippen molar-refractivity contribution in [3.63, 3.8) is 0 Å². The normalized spacial score (nSPS) is 15.0. The molecule has 0 spiro atoms. The van der Waals surface area contributed by atoms with Crippen molar-refractivity contribution in [1.82, 2.24) is 5.32 Å². The summed E-state index contributed by atoms with van der Waals surface area (Å²) in [6, 6.07) is 10.5. The van der Waals surface area contributed by atoms with Gasteiger partial charge < -0.3 is 14.5 Å². The third-order valence-electron chi connectivity index (χ3n) is 2.91. The Morgan fingerprint density at radius 2 is 2.00 bits per heavy atom. The average molecular weight is 269 g/mol. The highest BCUT2D eigenvalue weighted by atomic mass is 16.5. The van der Waals surface area contributed by atoms with Crippen LogP contribution in [0.3, 0.4) is 0 Å². The first-order valence-electron chi connectivity index (χ1n) is 6.05. The molecule has 0 saturated carbocycles. The summed E-state index contributed by atoms with van der Waals surface area (Å²) in [5.41, 5.74) is 1.71. The number of fused-ring (bicyclic) bond motifs is 1. The summed E-state index contributed by atoms with van der Waals surface area (Å²) in [5, 5.41) is 2.64. The molecule has 1 aromatic carbocycles. The van der Waals surface area contributed by atoms with Crippen LogP contribution in [0.1, 0.15) is 21.7 Å². The fourth-order valence-corrected chi connectivity index (χ4v) is 1.98. The van der Waals surface area contributed by atoms with Crippen molar-refractivity contribution in [2.75, 3.05) is 0 Å². The molecule has 1 aliphatic rings. The molecular weight excluding hydrogens is 258 g/mol. The molecule has 1 aliphatic heterocycles. The first-order valence-corrected chi connectivity index (χ1v) is 6.05. The zero-order chi connectivity index (χ0) is 13.9. The molecule has 0 fully saturated rings. The van der Waals surface area contributed by atoms with Gasteiger partial charge in [0.1, 0.15) is 12.4 Å². The molecule has 0 unspecified atom stereocenters. The number of hydrogen-bond acceptors (Lipinski definition) is 4. The molecule has 0 atom stereocenters. The molecule has 0 radical (unpaired) electrons. The van der Waals surface area contributed by atoms with Gasteiger partial charge in [-0.2, -0.15) is 0 Å². The van der Waals surface area contributed by atoms with Crippen molar-refractivity contribution in [3.8, 4) is 0 Å². The third-order valence-corrected chi connectivity index (χ3v) is 2.91. The zero-order valence-electron chi connectivity index (χ0n) is 10.5. The Balaban J connectivity index is 1.73. The molecule has 20 heavy (non-hydrogen) atoms. The number of benzene rings is 1. The maximum Gasteiger partial charge on any atom is 0.333 e. The van der Waals surface area contributed by atoms with Gasteiger partial charge in [0, 0.05) is 17.2 Å². The summed E-state index contributed by atoms with van der Waals surface area (Å²) in [6.07, 6.45) is 2.78. The topological polar surface area (TPSA) is 68.5 Å². The maximum atomic E-state index is 11.7. The first kappa shape index (κ1) is 12.2. The van der Waals surface area contributed by atoms with Gasteiger partial charge in [0.25, 0.3) is 5.91 Å². The molecule has 2 heterocycles. The fraction of sp³-hybridized carbons (Fsp3) is 0.0667. The van der Waals surface area contributed by atoms with Crippen molar-refractivity contribution in [2.45, 2.75) is 6.61 Å². The molecular formula is C15H11NO4. The standard InChI is InChI=1S/C15H11NO4/c17-14(20-9-10-4-3-7-19-10)8-13-11-5-1-2-6-12(11)15(18)16-13/h1-8H,9H2,(H,16,18)/b13-8+. The monoisotopic (exact) mass is 269 g/mol. The second-order valence-electron chi connectivity index (χ2n) is 4.24. The van der Waals surface area contributed by atoms with Crippen molar-refractivity contribution in [2.24, 2.45) is 0 Å². The van der Waals surface area contributed by atoms with E-state index in [2.05, 4.69) is 5.32 Å². The second-order valence-corrected chi connectivity index (χ2v) is 4.24. The number of ether oxygens (including phenoxy) is 1. The lowest BCUT2D eigenvalue weighted by molar-refractivity contribution is -0.139. The van der Waals surface area contributed by atoms with Crippen molar-refractivity contribution in [1.29, 1.82) is 0 Å². The lowest BCUT2D eigenvalue weighted by atomic mass is 10.1. The predicted molar refractivity (Wildman–Crippen MR) is 70.4 cm³/mol. The van der Waals surface area contributed by atoms with Crippen LogP contribution in [-0.4, -0.2) is 11.9 Å². The molecule has 1 aromatic heterocycles. The Morgan fingerprint density at radius 1 is 1.20 bits per heavy atom. The fourth-order valence-electron chi connectivity index (χ4n) is 1.98. The number of hydrogen-bond donors (Lipinski definition) is 1. The largest absolute Gasteiger partial charge is 0.466 e. The van der Waals surface area contributed by atoms with E-state index in [0.717, 1.165) is 0 Å². The van der Waals surface area contributed by atoms with Crippen LogP contribution in [0.5, 0.6) is 0 Å². The number of amides is 1. The highest BCUT2D eigenvalue weighted by Crippen LogP contribution is 2.23. The van der Waals surface area contributed by atoms with Crippen LogP contribution in [0.2, 0.25) is 0 Å². The van der Waals surface area contributed by atoms with Crippen molar-refractivity contribution < 1.29 is 18.7 Å². The lowest BCUT2D eigenvalue weighted by Crippen LogP contribution is -2.13. The average Bonchev–Trinajstić information content (AvgIpc) is 3.07. The Kier molecular flexibility index (Phi) is 3.09. The van der Waals surface area contributed by atoms with E-state index >= 15 is 0 Å². The lowest BCUT2D eigenvalue weighted by Gasteiger charge is -2.01. The number of carbonyl (C=O) groups is 2. The highest BCUT2D eigenvalue weighted by Gasteiger charge is 2.23. The second kappa shape index (κ2) is 5.05. The Hall–Kier alpha value is -2.82. The van der Waals surface area contributed by atoms with E-state index in [1.165, 1.54) is 12.3 Å². The first-order chi connectivity index (χ1) is 9.74. The summed E-state index contributed by atoms with van der Waals surface area (Å²) in [5.74, 6) is -0.188. The Bertz CT molecular complexity index is 686. The van der Waals surface area contributed by atoms with Crippen LogP contribution in [0.25, 0.3) is 5.70 Å². The number of carbonyl (C=O) groups excluding carboxylic acids is 2. The molecule has 5 nitrogen and oxygen atoms in total. The quantitative estimate of drug-likeness (QED) is 0.684. The van der Waals surface area contributed by atoms with Crippen LogP contribution in [0, 0.1) is 0 Å². The van der Waals surface area contributed by atoms with Gasteiger partial charge in [-0.05, 0) is 18.2 Å². The summed E-state index contributed by atoms with van der Waals surface area (Å²) in [6.45, 7) is 0.0607. The van der Waals surface area contributed by atoms with Gasteiger partial charge in [0.15, 0.2) is 0 Å². The van der Waals surface area contributed by atoms with Gasteiger partial charge in [-0.25, -0.2) is 4.79 Å². The van der Waals surface area contributed by atoms with Gasteiger partial charge >= 0.3 is 5.97 Å². The van der Waals surface area contributed by atoms with Crippen LogP contribution in [-0.2, 0) is 16.1 Å². The van der Waals surface area contributed by atoms with E-state index < -0.39 is 5.97 Å². The minimum atomic E-state index is -0.534. The van der Waals surface area contributed by atoms with E-state index in [1.807, 2.05) is 0 Å². The van der Waals surface area contributed by atoms with Crippen molar-refractivity contribution >= 4 is 17.6 Å². The summed E-state index contributed by atoms with van der Waals surface area (Å²) < 4.78 is 10.1. The molecule has 1 N–H and O–H groups in total. The van der Waals surface area contributed by atoms with E-state index in [1.54, 1.807) is 36.4 Å². The Morgan fingerprint density at radius 3 is 2.75 bits per heavy atom. The summed E-state index contributed by atoms with van der Waals surface area (Å²) >= 11 is 0. The molecule has 5 heteroatoms. The molecule has 1 amide bonds. The van der Waals surface area contributed by atoms with Crippen LogP contribution >= 0.6 is 0 Å². The van der Waals surface area contributed by atoms with Gasteiger partial charge in [-0.15, -0.1) is 0 Å². The van der Waals surface area contributed by atoms with Crippen LogP contribution in [0.4, 0.5) is 0 Å². The van der Waals surface area contributed by atoms with E-state index in [0.29, 0.717) is 22.6 Å². The third kappa shape index (κ3) is 2.33. The maximum absolute atomic E-state index is 11.7. The molecule has 0 saturated heterocycles. The minimum Gasteiger partial charge on any atom is -0.466 e. The smallest absolute Gasteiger partial charge is 0.333 e. The van der Waals surface area contributed by atoms with Gasteiger partial charge in [0.05, 0.1) is 12.0 Å². The highest BCUT2D eigenvalue weighted by molar-refractivity contribution is 6.11. The number of esters is 1. The minimum absolute atomic E-state index is 0.0607. The van der Waals surface area contributed by atoms with Gasteiger partial charge in [0.2, 0.25) is 0 Å².